The summed E-state index contributed by atoms with van der Waals surface area (Å²) in [5.74, 6) is 0.894. The molecule has 0 atom stereocenters. The summed E-state index contributed by atoms with van der Waals surface area (Å²) in [6.07, 6.45) is 5.28. The molecule has 2 saturated heterocycles. The Kier molecular flexibility index (Phi) is 5.53. The molecule has 6 nitrogen and oxygen atoms in total. The number of amides is 1. The average Bonchev–Trinajstić information content (AvgIpc) is 2.75. The van der Waals surface area contributed by atoms with Gasteiger partial charge in [-0.3, -0.25) is 9.78 Å². The monoisotopic (exact) mass is 367 g/mol. The van der Waals surface area contributed by atoms with Crippen LogP contribution >= 0.6 is 0 Å². The van der Waals surface area contributed by atoms with E-state index >= 15 is 0 Å². The van der Waals surface area contributed by atoms with Gasteiger partial charge in [0.15, 0.2) is 0 Å². The molecular weight excluding hydrogens is 342 g/mol. The van der Waals surface area contributed by atoms with Crippen LogP contribution in [0.4, 0.5) is 5.69 Å². The van der Waals surface area contributed by atoms with Gasteiger partial charge in [0.05, 0.1) is 19.4 Å². The van der Waals surface area contributed by atoms with E-state index in [-0.39, 0.29) is 12.0 Å². The number of aromatic nitrogens is 1. The summed E-state index contributed by atoms with van der Waals surface area (Å²) in [5.41, 5.74) is 1.85. The molecule has 6 heteroatoms. The molecule has 2 aliphatic rings. The van der Waals surface area contributed by atoms with E-state index in [1.807, 2.05) is 35.2 Å². The van der Waals surface area contributed by atoms with E-state index in [0.29, 0.717) is 13.1 Å². The van der Waals surface area contributed by atoms with Crippen LogP contribution in [0.1, 0.15) is 23.2 Å². The number of ether oxygens (including phenoxy) is 2. The lowest BCUT2D eigenvalue weighted by Crippen LogP contribution is -2.42. The SMILES string of the molecule is O=C(c1cccc(N2CCOCC2)c1)N1CCC(Oc2cccnc2)CC1. The Balaban J connectivity index is 1.35. The van der Waals surface area contributed by atoms with Crippen LogP contribution in [-0.2, 0) is 4.74 Å². The molecule has 3 heterocycles. The quantitative estimate of drug-likeness (QED) is 0.831. The van der Waals surface area contributed by atoms with Gasteiger partial charge in [-0.25, -0.2) is 0 Å². The van der Waals surface area contributed by atoms with Crippen molar-refractivity contribution in [3.05, 3.63) is 54.4 Å². The maximum atomic E-state index is 12.9. The topological polar surface area (TPSA) is 54.9 Å². The molecule has 1 aromatic heterocycles. The van der Waals surface area contributed by atoms with E-state index < -0.39 is 0 Å². The number of likely N-dealkylation sites (tertiary alicyclic amines) is 1. The zero-order chi connectivity index (χ0) is 18.5. The Morgan fingerprint density at radius 3 is 2.63 bits per heavy atom. The molecule has 0 radical (unpaired) electrons. The first kappa shape index (κ1) is 17.8. The fourth-order valence-corrected chi connectivity index (χ4v) is 3.63. The molecule has 27 heavy (non-hydrogen) atoms. The molecule has 2 aromatic rings. The molecule has 1 aromatic carbocycles. The van der Waals surface area contributed by atoms with Crippen LogP contribution in [0, 0.1) is 0 Å². The van der Waals surface area contributed by atoms with Crippen molar-refractivity contribution in [2.24, 2.45) is 0 Å². The fraction of sp³-hybridized carbons (Fsp3) is 0.429. The number of anilines is 1. The van der Waals surface area contributed by atoms with E-state index in [1.54, 1.807) is 12.4 Å². The highest BCUT2D eigenvalue weighted by molar-refractivity contribution is 5.95. The van der Waals surface area contributed by atoms with Crippen molar-refractivity contribution in [1.29, 1.82) is 0 Å². The number of carbonyl (C=O) groups is 1. The average molecular weight is 367 g/mol. The van der Waals surface area contributed by atoms with Gasteiger partial charge in [0.1, 0.15) is 11.9 Å². The fourth-order valence-electron chi connectivity index (χ4n) is 3.63. The van der Waals surface area contributed by atoms with Crippen molar-refractivity contribution < 1.29 is 14.3 Å². The molecule has 0 saturated carbocycles. The lowest BCUT2D eigenvalue weighted by atomic mass is 10.1. The molecule has 4 rings (SSSR count). The summed E-state index contributed by atoms with van der Waals surface area (Å²) < 4.78 is 11.4. The number of rotatable bonds is 4. The van der Waals surface area contributed by atoms with Crippen molar-refractivity contribution in [2.75, 3.05) is 44.3 Å². The molecular formula is C21H25N3O3. The van der Waals surface area contributed by atoms with Gasteiger partial charge in [-0.1, -0.05) is 6.07 Å². The normalized spacial score (nSPS) is 18.4. The second-order valence-electron chi connectivity index (χ2n) is 6.95. The molecule has 142 valence electrons. The van der Waals surface area contributed by atoms with Crippen LogP contribution in [0.15, 0.2) is 48.8 Å². The third kappa shape index (κ3) is 4.39. The maximum absolute atomic E-state index is 12.9. The molecule has 0 N–H and O–H groups in total. The number of hydrogen-bond acceptors (Lipinski definition) is 5. The number of benzene rings is 1. The van der Waals surface area contributed by atoms with Gasteiger partial charge in [0.25, 0.3) is 5.91 Å². The maximum Gasteiger partial charge on any atom is 0.253 e. The molecule has 0 aliphatic carbocycles. The minimum Gasteiger partial charge on any atom is -0.489 e. The van der Waals surface area contributed by atoms with Crippen molar-refractivity contribution in [2.45, 2.75) is 18.9 Å². The summed E-state index contributed by atoms with van der Waals surface area (Å²) in [6, 6.07) is 11.7. The first-order valence-electron chi connectivity index (χ1n) is 9.58. The molecule has 0 bridgehead atoms. The third-order valence-electron chi connectivity index (χ3n) is 5.14. The van der Waals surface area contributed by atoms with E-state index in [0.717, 1.165) is 56.1 Å². The Morgan fingerprint density at radius 2 is 1.89 bits per heavy atom. The first-order valence-corrected chi connectivity index (χ1v) is 9.58. The summed E-state index contributed by atoms with van der Waals surface area (Å²) in [5, 5.41) is 0. The van der Waals surface area contributed by atoms with Gasteiger partial charge in [0.2, 0.25) is 0 Å². The van der Waals surface area contributed by atoms with Gasteiger partial charge in [0, 0.05) is 56.5 Å². The van der Waals surface area contributed by atoms with Crippen molar-refractivity contribution in [3.8, 4) is 5.75 Å². The Hall–Kier alpha value is -2.60. The number of piperidine rings is 1. The van der Waals surface area contributed by atoms with E-state index in [9.17, 15) is 4.79 Å². The summed E-state index contributed by atoms with van der Waals surface area (Å²) in [6.45, 7) is 4.64. The number of morpholine rings is 1. The highest BCUT2D eigenvalue weighted by atomic mass is 16.5. The Bertz CT molecular complexity index is 754. The van der Waals surface area contributed by atoms with Gasteiger partial charge >= 0.3 is 0 Å². The minimum absolute atomic E-state index is 0.102. The second-order valence-corrected chi connectivity index (χ2v) is 6.95. The zero-order valence-corrected chi connectivity index (χ0v) is 15.4. The van der Waals surface area contributed by atoms with Gasteiger partial charge in [-0.15, -0.1) is 0 Å². The summed E-state index contributed by atoms with van der Waals surface area (Å²) >= 11 is 0. The predicted octanol–water partition coefficient (Wildman–Crippen LogP) is 2.60. The van der Waals surface area contributed by atoms with Crippen molar-refractivity contribution in [1.82, 2.24) is 9.88 Å². The molecule has 1 amide bonds. The second kappa shape index (κ2) is 8.39. The minimum atomic E-state index is 0.102. The van der Waals surface area contributed by atoms with Crippen LogP contribution in [0.3, 0.4) is 0 Å². The van der Waals surface area contributed by atoms with Crippen molar-refractivity contribution >= 4 is 11.6 Å². The van der Waals surface area contributed by atoms with Gasteiger partial charge in [-0.2, -0.15) is 0 Å². The molecule has 2 fully saturated rings. The number of pyridine rings is 1. The van der Waals surface area contributed by atoms with Crippen LogP contribution in [0.2, 0.25) is 0 Å². The van der Waals surface area contributed by atoms with Gasteiger partial charge < -0.3 is 19.3 Å². The molecule has 0 spiro atoms. The third-order valence-corrected chi connectivity index (χ3v) is 5.14. The zero-order valence-electron chi connectivity index (χ0n) is 15.4. The molecule has 0 unspecified atom stereocenters. The highest BCUT2D eigenvalue weighted by Gasteiger charge is 2.25. The predicted molar refractivity (Wildman–Crippen MR) is 103 cm³/mol. The van der Waals surface area contributed by atoms with Gasteiger partial charge in [-0.05, 0) is 30.3 Å². The van der Waals surface area contributed by atoms with Crippen LogP contribution < -0.4 is 9.64 Å². The van der Waals surface area contributed by atoms with E-state index in [2.05, 4.69) is 16.0 Å². The lowest BCUT2D eigenvalue weighted by molar-refractivity contribution is 0.0595. The van der Waals surface area contributed by atoms with E-state index in [1.165, 1.54) is 0 Å². The lowest BCUT2D eigenvalue weighted by Gasteiger charge is -2.33. The Morgan fingerprint density at radius 1 is 1.07 bits per heavy atom. The van der Waals surface area contributed by atoms with Crippen LogP contribution in [0.5, 0.6) is 5.75 Å². The Labute approximate surface area is 159 Å². The van der Waals surface area contributed by atoms with E-state index in [4.69, 9.17) is 9.47 Å². The highest BCUT2D eigenvalue weighted by Crippen LogP contribution is 2.22. The smallest absolute Gasteiger partial charge is 0.253 e. The van der Waals surface area contributed by atoms with Crippen LogP contribution in [-0.4, -0.2) is 61.3 Å². The first-order chi connectivity index (χ1) is 13.3. The largest absolute Gasteiger partial charge is 0.489 e. The number of carbonyl (C=O) groups excluding carboxylic acids is 1. The van der Waals surface area contributed by atoms with Crippen molar-refractivity contribution in [3.63, 3.8) is 0 Å². The molecule has 2 aliphatic heterocycles. The number of nitrogens with zero attached hydrogens (tertiary/aromatic N) is 3. The standard InChI is InChI=1S/C21H25N3O3/c25-21(17-3-1-4-18(15-17)23-11-13-26-14-12-23)24-9-6-19(7-10-24)27-20-5-2-8-22-16-20/h1-5,8,15-16,19H,6-7,9-14H2. The van der Waals surface area contributed by atoms with Crippen LogP contribution in [0.25, 0.3) is 0 Å². The summed E-state index contributed by atoms with van der Waals surface area (Å²) in [7, 11) is 0. The summed E-state index contributed by atoms with van der Waals surface area (Å²) in [4.78, 5) is 21.2. The number of hydrogen-bond donors (Lipinski definition) is 0.